The zero-order valence-corrected chi connectivity index (χ0v) is 21.7. The van der Waals surface area contributed by atoms with Crippen LogP contribution in [0.2, 0.25) is 0 Å². The molecule has 0 unspecified atom stereocenters. The molecule has 188 valence electrons. The van der Waals surface area contributed by atoms with Crippen LogP contribution in [0, 0.1) is 5.92 Å². The van der Waals surface area contributed by atoms with Gasteiger partial charge in [0, 0.05) is 30.6 Å². The Bertz CT molecular complexity index is 1160. The molecule has 7 heteroatoms. The fourth-order valence-electron chi connectivity index (χ4n) is 4.17. The molecule has 0 saturated carbocycles. The molecule has 2 N–H and O–H groups in total. The molecule has 0 aliphatic carbocycles. The number of hydrogen-bond acceptors (Lipinski definition) is 4. The fourth-order valence-corrected chi connectivity index (χ4v) is 4.17. The quantitative estimate of drug-likeness (QED) is 0.469. The van der Waals surface area contributed by atoms with Crippen molar-refractivity contribution in [1.82, 2.24) is 15.2 Å². The van der Waals surface area contributed by atoms with Gasteiger partial charge in [-0.15, -0.1) is 0 Å². The highest BCUT2D eigenvalue weighted by atomic mass is 16.6. The monoisotopic (exact) mass is 479 g/mol. The smallest absolute Gasteiger partial charge is 0.408 e. The lowest BCUT2D eigenvalue weighted by atomic mass is 9.95. The highest BCUT2D eigenvalue weighted by molar-refractivity contribution is 5.89. The number of carbonyl (C=O) groups excluding carboxylic acids is 2. The first kappa shape index (κ1) is 26.1. The Kier molecular flexibility index (Phi) is 8.10. The molecule has 3 aromatic rings. The van der Waals surface area contributed by atoms with Gasteiger partial charge in [0.1, 0.15) is 17.4 Å². The number of amides is 2. The summed E-state index contributed by atoms with van der Waals surface area (Å²) < 4.78 is 12.8. The lowest BCUT2D eigenvalue weighted by Crippen LogP contribution is -2.50. The maximum atomic E-state index is 13.6. The van der Waals surface area contributed by atoms with E-state index in [1.807, 2.05) is 66.3 Å². The molecule has 1 heterocycles. The number of rotatable bonds is 8. The van der Waals surface area contributed by atoms with Crippen molar-refractivity contribution in [2.24, 2.45) is 13.0 Å². The van der Waals surface area contributed by atoms with E-state index in [9.17, 15) is 9.59 Å². The summed E-state index contributed by atoms with van der Waals surface area (Å²) in [4.78, 5) is 26.3. The van der Waals surface area contributed by atoms with Crippen LogP contribution in [-0.4, -0.2) is 35.3 Å². The van der Waals surface area contributed by atoms with Crippen LogP contribution in [0.3, 0.4) is 0 Å². The van der Waals surface area contributed by atoms with E-state index in [0.29, 0.717) is 6.42 Å². The first-order chi connectivity index (χ1) is 16.5. The van der Waals surface area contributed by atoms with E-state index in [-0.39, 0.29) is 17.9 Å². The minimum Gasteiger partial charge on any atom is -0.497 e. The third-order valence-electron chi connectivity index (χ3n) is 5.85. The van der Waals surface area contributed by atoms with Gasteiger partial charge < -0.3 is 24.7 Å². The molecule has 0 fully saturated rings. The number of benzene rings is 2. The highest BCUT2D eigenvalue weighted by Gasteiger charge is 2.28. The van der Waals surface area contributed by atoms with E-state index in [1.165, 1.54) is 0 Å². The number of nitrogens with one attached hydrogen (secondary N) is 2. The van der Waals surface area contributed by atoms with Gasteiger partial charge in [0.25, 0.3) is 0 Å². The molecule has 1 aromatic heterocycles. The Morgan fingerprint density at radius 2 is 1.66 bits per heavy atom. The standard InChI is InChI=1S/C28H37N3O4/c1-18(2)25(19-12-14-21(34-7)15-13-19)30-26(32)23(29-27(33)35-28(3,4)5)16-20-17-31(6)24-11-9-8-10-22(20)24/h8-15,17-18,23,25H,16H2,1-7H3,(H,29,33)(H,30,32)/t23-,25+/m0/s1. The normalized spacial score (nSPS) is 13.4. The number of nitrogens with zero attached hydrogens (tertiary/aromatic N) is 1. The number of fused-ring (bicyclic) bond motifs is 1. The summed E-state index contributed by atoms with van der Waals surface area (Å²) in [7, 11) is 3.59. The summed E-state index contributed by atoms with van der Waals surface area (Å²) in [5.74, 6) is 0.619. The van der Waals surface area contributed by atoms with Crippen molar-refractivity contribution in [2.45, 2.75) is 58.7 Å². The molecular formula is C28H37N3O4. The number of ether oxygens (including phenoxy) is 2. The van der Waals surface area contributed by atoms with Crippen molar-refractivity contribution < 1.29 is 19.1 Å². The Hall–Kier alpha value is -3.48. The first-order valence-corrected chi connectivity index (χ1v) is 11.9. The molecule has 0 bridgehead atoms. The van der Waals surface area contributed by atoms with E-state index in [1.54, 1.807) is 27.9 Å². The number of hydrogen-bond donors (Lipinski definition) is 2. The van der Waals surface area contributed by atoms with E-state index in [4.69, 9.17) is 9.47 Å². The van der Waals surface area contributed by atoms with Crippen LogP contribution >= 0.6 is 0 Å². The summed E-state index contributed by atoms with van der Waals surface area (Å²) in [6.07, 6.45) is 1.72. The number of para-hydroxylation sites is 1. The summed E-state index contributed by atoms with van der Waals surface area (Å²) in [5.41, 5.74) is 2.34. The lowest BCUT2D eigenvalue weighted by molar-refractivity contribution is -0.124. The van der Waals surface area contributed by atoms with Crippen LogP contribution in [0.25, 0.3) is 10.9 Å². The van der Waals surface area contributed by atoms with Crippen molar-refractivity contribution >= 4 is 22.9 Å². The van der Waals surface area contributed by atoms with Gasteiger partial charge in [0.2, 0.25) is 5.91 Å². The third kappa shape index (κ3) is 6.78. The van der Waals surface area contributed by atoms with Crippen molar-refractivity contribution in [3.8, 4) is 5.75 Å². The predicted octanol–water partition coefficient (Wildman–Crippen LogP) is 5.14. The minimum absolute atomic E-state index is 0.132. The predicted molar refractivity (Wildman–Crippen MR) is 138 cm³/mol. The molecule has 0 saturated heterocycles. The summed E-state index contributed by atoms with van der Waals surface area (Å²) in [5, 5.41) is 7.01. The minimum atomic E-state index is -0.810. The van der Waals surface area contributed by atoms with Crippen LogP contribution < -0.4 is 15.4 Å². The average molecular weight is 480 g/mol. The average Bonchev–Trinajstić information content (AvgIpc) is 3.11. The maximum Gasteiger partial charge on any atom is 0.408 e. The van der Waals surface area contributed by atoms with Crippen LogP contribution in [0.4, 0.5) is 4.79 Å². The second-order valence-corrected chi connectivity index (χ2v) is 10.2. The molecule has 0 aliphatic rings. The number of methoxy groups -OCH3 is 1. The van der Waals surface area contributed by atoms with Gasteiger partial charge in [-0.05, 0) is 56.0 Å². The number of alkyl carbamates (subject to hydrolysis) is 1. The zero-order chi connectivity index (χ0) is 25.8. The van der Waals surface area contributed by atoms with Gasteiger partial charge in [0.05, 0.1) is 13.2 Å². The molecule has 2 amide bonds. The number of aromatic nitrogens is 1. The Balaban J connectivity index is 1.88. The van der Waals surface area contributed by atoms with Gasteiger partial charge in [-0.1, -0.05) is 44.2 Å². The molecule has 7 nitrogen and oxygen atoms in total. The van der Waals surface area contributed by atoms with Gasteiger partial charge in [0.15, 0.2) is 0 Å². The molecule has 2 aromatic carbocycles. The topological polar surface area (TPSA) is 81.6 Å². The van der Waals surface area contributed by atoms with E-state index in [0.717, 1.165) is 27.8 Å². The van der Waals surface area contributed by atoms with E-state index < -0.39 is 17.7 Å². The number of carbonyl (C=O) groups is 2. The van der Waals surface area contributed by atoms with E-state index in [2.05, 4.69) is 24.5 Å². The second-order valence-electron chi connectivity index (χ2n) is 10.2. The molecule has 3 rings (SSSR count). The summed E-state index contributed by atoms with van der Waals surface area (Å²) in [6, 6.07) is 14.6. The van der Waals surface area contributed by atoms with Gasteiger partial charge in [-0.25, -0.2) is 4.79 Å². The Morgan fingerprint density at radius 1 is 1.00 bits per heavy atom. The zero-order valence-electron chi connectivity index (χ0n) is 21.7. The van der Waals surface area contributed by atoms with Crippen LogP contribution in [0.15, 0.2) is 54.7 Å². The molecule has 0 spiro atoms. The van der Waals surface area contributed by atoms with Gasteiger partial charge in [-0.3, -0.25) is 4.79 Å². The summed E-state index contributed by atoms with van der Waals surface area (Å²) in [6.45, 7) is 9.49. The van der Waals surface area contributed by atoms with Crippen molar-refractivity contribution in [3.63, 3.8) is 0 Å². The first-order valence-electron chi connectivity index (χ1n) is 11.9. The lowest BCUT2D eigenvalue weighted by Gasteiger charge is -2.27. The van der Waals surface area contributed by atoms with Crippen LogP contribution in [0.1, 0.15) is 51.8 Å². The molecule has 2 atom stereocenters. The molecule has 35 heavy (non-hydrogen) atoms. The molecule has 0 aliphatic heterocycles. The van der Waals surface area contributed by atoms with E-state index >= 15 is 0 Å². The van der Waals surface area contributed by atoms with Gasteiger partial charge in [-0.2, -0.15) is 0 Å². The highest BCUT2D eigenvalue weighted by Crippen LogP contribution is 2.25. The van der Waals surface area contributed by atoms with Crippen molar-refractivity contribution in [2.75, 3.05) is 7.11 Å². The summed E-state index contributed by atoms with van der Waals surface area (Å²) >= 11 is 0. The van der Waals surface area contributed by atoms with Crippen molar-refractivity contribution in [3.05, 3.63) is 65.9 Å². The Labute approximate surface area is 207 Å². The molecular weight excluding hydrogens is 442 g/mol. The second kappa shape index (κ2) is 10.8. The Morgan fingerprint density at radius 3 is 2.26 bits per heavy atom. The maximum absolute atomic E-state index is 13.6. The largest absolute Gasteiger partial charge is 0.497 e. The SMILES string of the molecule is COc1ccc([C@H](NC(=O)[C@H](Cc2cn(C)c3ccccc23)NC(=O)OC(C)(C)C)C(C)C)cc1. The fraction of sp³-hybridized carbons (Fsp3) is 0.429. The molecule has 0 radical (unpaired) electrons. The number of aryl methyl sites for hydroxylation is 1. The van der Waals surface area contributed by atoms with Crippen LogP contribution in [-0.2, 0) is 23.0 Å². The third-order valence-corrected chi connectivity index (χ3v) is 5.85. The van der Waals surface area contributed by atoms with Crippen molar-refractivity contribution in [1.29, 1.82) is 0 Å². The van der Waals surface area contributed by atoms with Gasteiger partial charge >= 0.3 is 6.09 Å². The van der Waals surface area contributed by atoms with Crippen LogP contribution in [0.5, 0.6) is 5.75 Å².